The van der Waals surface area contributed by atoms with Crippen molar-refractivity contribution < 1.29 is 4.74 Å². The largest absolute Gasteiger partial charge is 0.385 e. The number of rotatable bonds is 4. The molecule has 0 aromatic heterocycles. The molecular formula is C12H24N2OS2. The average molecular weight is 276 g/mol. The Bertz CT molecular complexity index is 247. The summed E-state index contributed by atoms with van der Waals surface area (Å²) >= 11 is 7.47. The first-order valence-electron chi connectivity index (χ1n) is 6.21. The molecule has 0 unspecified atom stereocenters. The summed E-state index contributed by atoms with van der Waals surface area (Å²) in [6.07, 6.45) is 2.20. The quantitative estimate of drug-likeness (QED) is 0.626. The van der Waals surface area contributed by atoms with E-state index in [1.165, 1.54) is 6.42 Å². The van der Waals surface area contributed by atoms with Gasteiger partial charge in [-0.3, -0.25) is 0 Å². The highest BCUT2D eigenvalue weighted by atomic mass is 32.2. The molecule has 0 radical (unpaired) electrons. The zero-order chi connectivity index (χ0) is 12.7. The van der Waals surface area contributed by atoms with Gasteiger partial charge in [-0.1, -0.05) is 13.8 Å². The molecule has 1 rings (SSSR count). The topological polar surface area (TPSA) is 24.5 Å². The molecule has 0 saturated carbocycles. The van der Waals surface area contributed by atoms with Gasteiger partial charge in [-0.2, -0.15) is 11.8 Å². The molecule has 100 valence electrons. The summed E-state index contributed by atoms with van der Waals surface area (Å²) in [6, 6.07) is 0. The van der Waals surface area contributed by atoms with Crippen molar-refractivity contribution in [1.82, 2.24) is 10.2 Å². The Labute approximate surface area is 115 Å². The number of methoxy groups -OCH3 is 1. The van der Waals surface area contributed by atoms with Crippen LogP contribution < -0.4 is 5.32 Å². The summed E-state index contributed by atoms with van der Waals surface area (Å²) < 4.78 is 5.41. The summed E-state index contributed by atoms with van der Waals surface area (Å²) in [5.74, 6) is 1.16. The fourth-order valence-electron chi connectivity index (χ4n) is 1.75. The first-order chi connectivity index (χ1) is 8.05. The third kappa shape index (κ3) is 5.93. The van der Waals surface area contributed by atoms with Crippen LogP contribution in [0.1, 0.15) is 26.7 Å². The van der Waals surface area contributed by atoms with Gasteiger partial charge in [-0.05, 0) is 25.1 Å². The third-order valence-electron chi connectivity index (χ3n) is 2.93. The lowest BCUT2D eigenvalue weighted by molar-refractivity contribution is 0.195. The molecule has 17 heavy (non-hydrogen) atoms. The van der Waals surface area contributed by atoms with E-state index in [9.17, 15) is 0 Å². The van der Waals surface area contributed by atoms with E-state index < -0.39 is 0 Å². The van der Waals surface area contributed by atoms with Crippen LogP contribution >= 0.6 is 24.0 Å². The molecule has 0 atom stereocenters. The van der Waals surface area contributed by atoms with Crippen LogP contribution in [0.15, 0.2) is 0 Å². The van der Waals surface area contributed by atoms with Gasteiger partial charge in [0.2, 0.25) is 0 Å². The highest BCUT2D eigenvalue weighted by molar-refractivity contribution is 8.00. The number of nitrogens with one attached hydrogen (secondary N) is 1. The van der Waals surface area contributed by atoms with Crippen LogP contribution in [0.4, 0.5) is 0 Å². The van der Waals surface area contributed by atoms with Crippen molar-refractivity contribution in [2.75, 3.05) is 39.1 Å². The monoisotopic (exact) mass is 276 g/mol. The van der Waals surface area contributed by atoms with Crippen LogP contribution in [0.25, 0.3) is 0 Å². The van der Waals surface area contributed by atoms with Gasteiger partial charge in [-0.15, -0.1) is 0 Å². The average Bonchev–Trinajstić information content (AvgIpc) is 2.45. The molecule has 0 aromatic rings. The fraction of sp³-hybridized carbons (Fsp3) is 0.917. The van der Waals surface area contributed by atoms with Crippen molar-refractivity contribution in [2.45, 2.75) is 31.4 Å². The maximum Gasteiger partial charge on any atom is 0.168 e. The molecule has 1 N–H and O–H groups in total. The second kappa shape index (κ2) is 7.44. The molecule has 0 bridgehead atoms. The Balaban J connectivity index is 2.27. The van der Waals surface area contributed by atoms with Gasteiger partial charge in [-0.25, -0.2) is 0 Å². The number of thiocarbonyl (C=S) groups is 1. The van der Waals surface area contributed by atoms with Crippen LogP contribution in [0.5, 0.6) is 0 Å². The van der Waals surface area contributed by atoms with Crippen LogP contribution in [0.2, 0.25) is 0 Å². The minimum absolute atomic E-state index is 0.389. The van der Waals surface area contributed by atoms with Gasteiger partial charge in [0.25, 0.3) is 0 Å². The summed E-state index contributed by atoms with van der Waals surface area (Å²) in [6.45, 7) is 8.45. The number of thioether (sulfide) groups is 1. The van der Waals surface area contributed by atoms with Crippen molar-refractivity contribution in [1.29, 1.82) is 0 Å². The zero-order valence-corrected chi connectivity index (χ0v) is 12.8. The number of ether oxygens (including phenoxy) is 1. The second-order valence-electron chi connectivity index (χ2n) is 4.92. The van der Waals surface area contributed by atoms with Crippen molar-refractivity contribution in [3.05, 3.63) is 0 Å². The number of nitrogens with zero attached hydrogens (tertiary/aromatic N) is 1. The van der Waals surface area contributed by atoms with Gasteiger partial charge in [0, 0.05) is 43.9 Å². The van der Waals surface area contributed by atoms with Crippen LogP contribution in [-0.4, -0.2) is 53.9 Å². The standard InChI is InChI=1S/C12H24N2OS2/c1-12(2)5-7-14(8-10-17-12)11(16)13-6-4-9-15-3/h4-10H2,1-3H3,(H,13,16). The van der Waals surface area contributed by atoms with Crippen LogP contribution in [0, 0.1) is 0 Å². The van der Waals surface area contributed by atoms with Crippen molar-refractivity contribution in [3.63, 3.8) is 0 Å². The van der Waals surface area contributed by atoms with E-state index in [0.717, 1.165) is 43.5 Å². The van der Waals surface area contributed by atoms with E-state index in [1.54, 1.807) is 7.11 Å². The predicted molar refractivity (Wildman–Crippen MR) is 79.8 cm³/mol. The van der Waals surface area contributed by atoms with Gasteiger partial charge >= 0.3 is 0 Å². The predicted octanol–water partition coefficient (Wildman–Crippen LogP) is 2.11. The van der Waals surface area contributed by atoms with E-state index >= 15 is 0 Å². The lowest BCUT2D eigenvalue weighted by Gasteiger charge is -2.25. The summed E-state index contributed by atoms with van der Waals surface area (Å²) in [5, 5.41) is 4.21. The normalized spacial score (nSPS) is 19.8. The molecule has 0 aromatic carbocycles. The summed E-state index contributed by atoms with van der Waals surface area (Å²) in [7, 11) is 1.73. The van der Waals surface area contributed by atoms with E-state index in [-0.39, 0.29) is 0 Å². The summed E-state index contributed by atoms with van der Waals surface area (Å²) in [5.41, 5.74) is 0. The highest BCUT2D eigenvalue weighted by Crippen LogP contribution is 2.30. The molecule has 0 aliphatic carbocycles. The highest BCUT2D eigenvalue weighted by Gasteiger charge is 2.24. The Morgan fingerprint density at radius 3 is 2.94 bits per heavy atom. The van der Waals surface area contributed by atoms with E-state index in [0.29, 0.717) is 4.75 Å². The SMILES string of the molecule is COCCCNC(=S)N1CCSC(C)(C)CC1. The minimum atomic E-state index is 0.389. The zero-order valence-electron chi connectivity index (χ0n) is 11.1. The Morgan fingerprint density at radius 2 is 2.24 bits per heavy atom. The van der Waals surface area contributed by atoms with Gasteiger partial charge in [0.1, 0.15) is 0 Å². The molecule has 1 aliphatic heterocycles. The molecule has 0 spiro atoms. The molecule has 5 heteroatoms. The first kappa shape index (κ1) is 15.1. The molecule has 0 amide bonds. The smallest absolute Gasteiger partial charge is 0.168 e. The van der Waals surface area contributed by atoms with Crippen molar-refractivity contribution >= 4 is 29.1 Å². The van der Waals surface area contributed by atoms with E-state index in [2.05, 4.69) is 24.1 Å². The molecular weight excluding hydrogens is 252 g/mol. The van der Waals surface area contributed by atoms with Crippen LogP contribution in [0.3, 0.4) is 0 Å². The maximum absolute atomic E-state index is 5.42. The Hall–Kier alpha value is 0. The second-order valence-corrected chi connectivity index (χ2v) is 7.11. The summed E-state index contributed by atoms with van der Waals surface area (Å²) in [4.78, 5) is 2.30. The van der Waals surface area contributed by atoms with Gasteiger partial charge in [0.05, 0.1) is 0 Å². The van der Waals surface area contributed by atoms with Gasteiger partial charge in [0.15, 0.2) is 5.11 Å². The van der Waals surface area contributed by atoms with Crippen molar-refractivity contribution in [2.24, 2.45) is 0 Å². The fourth-order valence-corrected chi connectivity index (χ4v) is 3.13. The minimum Gasteiger partial charge on any atom is -0.385 e. The Morgan fingerprint density at radius 1 is 1.47 bits per heavy atom. The van der Waals surface area contributed by atoms with E-state index in [1.807, 2.05) is 11.8 Å². The molecule has 1 heterocycles. The Kier molecular flexibility index (Phi) is 6.59. The molecule has 1 fully saturated rings. The van der Waals surface area contributed by atoms with Crippen LogP contribution in [-0.2, 0) is 4.74 Å². The van der Waals surface area contributed by atoms with Gasteiger partial charge < -0.3 is 15.0 Å². The number of hydrogen-bond donors (Lipinski definition) is 1. The lowest BCUT2D eigenvalue weighted by atomic mass is 10.1. The molecule has 3 nitrogen and oxygen atoms in total. The van der Waals surface area contributed by atoms with E-state index in [4.69, 9.17) is 17.0 Å². The molecule has 1 aliphatic rings. The molecule has 1 saturated heterocycles. The number of hydrogen-bond acceptors (Lipinski definition) is 3. The lowest BCUT2D eigenvalue weighted by Crippen LogP contribution is -2.41. The third-order valence-corrected chi connectivity index (χ3v) is 4.70. The van der Waals surface area contributed by atoms with Crippen molar-refractivity contribution in [3.8, 4) is 0 Å². The first-order valence-corrected chi connectivity index (χ1v) is 7.60. The maximum atomic E-state index is 5.42.